The molecule has 28 heavy (non-hydrogen) atoms. The number of hydrogen-bond donors (Lipinski definition) is 0. The van der Waals surface area contributed by atoms with Crippen LogP contribution >= 0.6 is 22.6 Å². The van der Waals surface area contributed by atoms with Crippen LogP contribution in [0.15, 0.2) is 22.3 Å². The van der Waals surface area contributed by atoms with E-state index in [4.69, 9.17) is 8.85 Å². The monoisotopic (exact) mass is 534 g/mol. The highest BCUT2D eigenvalue weighted by Gasteiger charge is 2.39. The highest BCUT2D eigenvalue weighted by atomic mass is 127. The quantitative estimate of drug-likeness (QED) is 0.178. The minimum absolute atomic E-state index is 0.0594. The van der Waals surface area contributed by atoms with Gasteiger partial charge in [0.05, 0.1) is 12.2 Å². The van der Waals surface area contributed by atoms with Crippen molar-refractivity contribution in [3.05, 3.63) is 22.3 Å². The molecule has 0 amide bonds. The maximum absolute atomic E-state index is 6.50. The van der Waals surface area contributed by atoms with E-state index in [0.717, 1.165) is 12.8 Å². The van der Waals surface area contributed by atoms with E-state index in [9.17, 15) is 0 Å². The van der Waals surface area contributed by atoms with Crippen LogP contribution in [0.5, 0.6) is 0 Å². The minimum atomic E-state index is -1.80. The fourth-order valence-electron chi connectivity index (χ4n) is 1.97. The first-order chi connectivity index (χ1) is 12.6. The zero-order valence-corrected chi connectivity index (χ0v) is 24.2. The van der Waals surface area contributed by atoms with Crippen LogP contribution in [0.3, 0.4) is 0 Å². The van der Waals surface area contributed by atoms with E-state index < -0.39 is 16.6 Å². The van der Waals surface area contributed by atoms with Crippen LogP contribution in [0.2, 0.25) is 36.3 Å². The molecular weight excluding hydrogens is 491 g/mol. The van der Waals surface area contributed by atoms with Gasteiger partial charge in [0.15, 0.2) is 16.6 Å². The predicted molar refractivity (Wildman–Crippen MR) is 139 cm³/mol. The van der Waals surface area contributed by atoms with Crippen LogP contribution in [-0.4, -0.2) is 28.8 Å². The van der Waals surface area contributed by atoms with Crippen molar-refractivity contribution >= 4 is 39.2 Å². The van der Waals surface area contributed by atoms with Crippen molar-refractivity contribution < 1.29 is 8.85 Å². The lowest BCUT2D eigenvalue weighted by Gasteiger charge is -2.38. The third-order valence-corrected chi connectivity index (χ3v) is 15.4. The summed E-state index contributed by atoms with van der Waals surface area (Å²) in [6.45, 7) is 25.0. The topological polar surface area (TPSA) is 18.5 Å². The van der Waals surface area contributed by atoms with E-state index in [2.05, 4.69) is 121 Å². The van der Waals surface area contributed by atoms with Gasteiger partial charge in [-0.3, -0.25) is 0 Å². The fourth-order valence-corrected chi connectivity index (χ4v) is 5.06. The van der Waals surface area contributed by atoms with Gasteiger partial charge in [-0.05, 0) is 58.9 Å². The number of hydrogen-bond acceptors (Lipinski definition) is 2. The molecule has 0 rings (SSSR count). The smallest absolute Gasteiger partial charge is 0.192 e. The Morgan fingerprint density at radius 1 is 0.857 bits per heavy atom. The second-order valence-corrected chi connectivity index (χ2v) is 20.7. The summed E-state index contributed by atoms with van der Waals surface area (Å²) in [5.74, 6) is 6.47. The van der Waals surface area contributed by atoms with Crippen molar-refractivity contribution in [1.82, 2.24) is 0 Å². The van der Waals surface area contributed by atoms with Gasteiger partial charge in [-0.25, -0.2) is 0 Å². The van der Waals surface area contributed by atoms with Gasteiger partial charge in [-0.15, -0.1) is 0 Å². The summed E-state index contributed by atoms with van der Waals surface area (Å²) < 4.78 is 15.0. The van der Waals surface area contributed by atoms with E-state index in [1.165, 1.54) is 0 Å². The molecule has 0 spiro atoms. The molecule has 0 aromatic heterocycles. The van der Waals surface area contributed by atoms with Crippen molar-refractivity contribution in [2.24, 2.45) is 0 Å². The lowest BCUT2D eigenvalue weighted by Crippen LogP contribution is -2.43. The molecule has 2 nitrogen and oxygen atoms in total. The summed E-state index contributed by atoms with van der Waals surface area (Å²) in [5.41, 5.74) is 0. The molecule has 0 unspecified atom stereocenters. The normalized spacial score (nSPS) is 16.3. The number of halogens is 1. The Bertz CT molecular complexity index is 584. The Hall–Kier alpha value is 0.124. The van der Waals surface area contributed by atoms with E-state index in [1.807, 2.05) is 10.2 Å². The highest BCUT2D eigenvalue weighted by molar-refractivity contribution is 14.1. The van der Waals surface area contributed by atoms with E-state index in [0.29, 0.717) is 0 Å². The summed E-state index contributed by atoms with van der Waals surface area (Å²) >= 11 is 2.26. The minimum Gasteiger partial charge on any atom is -0.411 e. The Morgan fingerprint density at radius 2 is 1.32 bits per heavy atom. The molecule has 0 aliphatic heterocycles. The molecule has 0 N–H and O–H groups in total. The first kappa shape index (κ1) is 28.1. The fraction of sp³-hybridized carbons (Fsp3) is 0.739. The highest BCUT2D eigenvalue weighted by Crippen LogP contribution is 2.38. The Labute approximate surface area is 191 Å². The van der Waals surface area contributed by atoms with E-state index >= 15 is 0 Å². The molecule has 0 radical (unpaired) electrons. The average molecular weight is 535 g/mol. The molecule has 0 aliphatic carbocycles. The molecule has 162 valence electrons. The SMILES string of the molecule is CC[C@H](/C=C/C#CC[C@H](/C=C/I)O[Si](C)(C)C(C)(C)C)O[Si](C)(C)C(C)(C)C. The van der Waals surface area contributed by atoms with Gasteiger partial charge in [0.1, 0.15) is 0 Å². The van der Waals surface area contributed by atoms with Gasteiger partial charge in [0.2, 0.25) is 0 Å². The van der Waals surface area contributed by atoms with Crippen molar-refractivity contribution in [3.8, 4) is 11.8 Å². The molecule has 0 aromatic carbocycles. The third kappa shape index (κ3) is 9.75. The van der Waals surface area contributed by atoms with Gasteiger partial charge in [-0.1, -0.05) is 89.0 Å². The first-order valence-electron chi connectivity index (χ1n) is 10.3. The largest absolute Gasteiger partial charge is 0.411 e. The summed E-state index contributed by atoms with van der Waals surface area (Å²) in [7, 11) is -3.55. The second kappa shape index (κ2) is 11.5. The average Bonchev–Trinajstić information content (AvgIpc) is 2.50. The number of rotatable bonds is 8. The zero-order chi connectivity index (χ0) is 22.2. The summed E-state index contributed by atoms with van der Waals surface area (Å²) in [6.07, 6.45) is 8.08. The Morgan fingerprint density at radius 3 is 1.71 bits per heavy atom. The molecule has 2 atom stereocenters. The van der Waals surface area contributed by atoms with Crippen LogP contribution in [0.25, 0.3) is 0 Å². The maximum Gasteiger partial charge on any atom is 0.192 e. The van der Waals surface area contributed by atoms with E-state index in [1.54, 1.807) is 0 Å². The second-order valence-electron chi connectivity index (χ2n) is 10.4. The molecule has 0 saturated heterocycles. The summed E-state index contributed by atoms with van der Waals surface area (Å²) in [6, 6.07) is 0. The van der Waals surface area contributed by atoms with Crippen LogP contribution in [-0.2, 0) is 8.85 Å². The number of allylic oxidation sites excluding steroid dienone is 1. The van der Waals surface area contributed by atoms with Gasteiger partial charge < -0.3 is 8.85 Å². The summed E-state index contributed by atoms with van der Waals surface area (Å²) in [5, 5.41) is 0.424. The molecule has 0 aliphatic rings. The third-order valence-electron chi connectivity index (χ3n) is 5.99. The van der Waals surface area contributed by atoms with Crippen LogP contribution in [0.1, 0.15) is 61.3 Å². The molecule has 0 saturated carbocycles. The Kier molecular flexibility index (Phi) is 11.5. The predicted octanol–water partition coefficient (Wildman–Crippen LogP) is 8.08. The summed E-state index contributed by atoms with van der Waals surface area (Å²) in [4.78, 5) is 0. The van der Waals surface area contributed by atoms with E-state index in [-0.39, 0.29) is 22.3 Å². The van der Waals surface area contributed by atoms with Crippen molar-refractivity contribution in [3.63, 3.8) is 0 Å². The molecule has 0 fully saturated rings. The van der Waals surface area contributed by atoms with Gasteiger partial charge in [-0.2, -0.15) is 0 Å². The van der Waals surface area contributed by atoms with Gasteiger partial charge in [0.25, 0.3) is 0 Å². The first-order valence-corrected chi connectivity index (χ1v) is 17.4. The standard InChI is InChI=1S/C23H43IO2Si2/c1-12-20(25-27(8,9)22(2,3)4)16-14-13-15-17-21(18-19-24)26-28(10,11)23(5,6)7/h14,16,18-21H,12,17H2,1-11H3/b16-14+,19-18+/t20-,21-/m1/s1. The molecule has 0 heterocycles. The van der Waals surface area contributed by atoms with Crippen LogP contribution < -0.4 is 0 Å². The van der Waals surface area contributed by atoms with Crippen molar-refractivity contribution in [1.29, 1.82) is 0 Å². The molecular formula is C23H43IO2Si2. The molecule has 0 aromatic rings. The van der Waals surface area contributed by atoms with Gasteiger partial charge in [0, 0.05) is 6.42 Å². The van der Waals surface area contributed by atoms with Crippen molar-refractivity contribution in [2.45, 2.75) is 110 Å². The molecule has 0 bridgehead atoms. The maximum atomic E-state index is 6.50. The van der Waals surface area contributed by atoms with Crippen LogP contribution in [0, 0.1) is 11.8 Å². The van der Waals surface area contributed by atoms with Crippen LogP contribution in [0.4, 0.5) is 0 Å². The lowest BCUT2D eigenvalue weighted by atomic mass is 10.2. The van der Waals surface area contributed by atoms with Crippen molar-refractivity contribution in [2.75, 3.05) is 0 Å². The van der Waals surface area contributed by atoms with Gasteiger partial charge >= 0.3 is 0 Å². The zero-order valence-electron chi connectivity index (χ0n) is 20.1. The Balaban J connectivity index is 4.97. The molecule has 5 heteroatoms. The lowest BCUT2D eigenvalue weighted by molar-refractivity contribution is 0.221.